The molecule has 0 aliphatic carbocycles. The van der Waals surface area contributed by atoms with Crippen molar-refractivity contribution in [2.75, 3.05) is 13.7 Å². The predicted molar refractivity (Wildman–Crippen MR) is 175 cm³/mol. The molecule has 0 amide bonds. The molecule has 1 atom stereocenters. The third-order valence-corrected chi connectivity index (χ3v) is 9.05. The van der Waals surface area contributed by atoms with Gasteiger partial charge in [0.1, 0.15) is 17.3 Å². The van der Waals surface area contributed by atoms with Gasteiger partial charge in [-0.15, -0.1) is 0 Å². The lowest BCUT2D eigenvalue weighted by Gasteiger charge is -2.26. The fourth-order valence-corrected chi connectivity index (χ4v) is 6.96. The standard InChI is InChI=1S/C35H29BrN2O5S/c1-5-42-34(40)30-31(22-9-7-6-8-10-22)37-35-38(32(30)23-13-12-21(3)28(18-23)41-4)33(39)29(44-35)19-24-14-16-27(43-24)25-15-11-20(2)17-26(25)36/h6-19,32H,5H2,1-4H3/b29-19+/t32-/m1/s1. The number of halogens is 1. The van der Waals surface area contributed by atoms with Gasteiger partial charge in [0.15, 0.2) is 4.80 Å². The van der Waals surface area contributed by atoms with Gasteiger partial charge in [-0.2, -0.15) is 0 Å². The van der Waals surface area contributed by atoms with Gasteiger partial charge in [-0.25, -0.2) is 9.79 Å². The molecule has 0 saturated carbocycles. The Kier molecular flexibility index (Phi) is 8.25. The molecule has 2 aromatic heterocycles. The zero-order valence-corrected chi connectivity index (χ0v) is 27.0. The minimum Gasteiger partial charge on any atom is -0.496 e. The Labute approximate surface area is 266 Å². The highest BCUT2D eigenvalue weighted by Crippen LogP contribution is 2.37. The van der Waals surface area contributed by atoms with E-state index in [1.165, 1.54) is 11.3 Å². The first-order chi connectivity index (χ1) is 21.3. The topological polar surface area (TPSA) is 83.0 Å². The van der Waals surface area contributed by atoms with Gasteiger partial charge < -0.3 is 13.9 Å². The SMILES string of the molecule is CCOC(=O)C1=C(c2ccccc2)N=c2s/c(=C/c3ccc(-c4ccc(C)cc4Br)o3)c(=O)n2[C@@H]1c1ccc(C)c(OC)c1. The Morgan fingerprint density at radius 3 is 2.59 bits per heavy atom. The zero-order valence-electron chi connectivity index (χ0n) is 24.6. The van der Waals surface area contributed by atoms with Gasteiger partial charge >= 0.3 is 5.97 Å². The number of carbonyl (C=O) groups excluding carboxylic acids is 1. The first kappa shape index (κ1) is 29.6. The highest BCUT2D eigenvalue weighted by molar-refractivity contribution is 9.10. The summed E-state index contributed by atoms with van der Waals surface area (Å²) in [6, 6.07) is 24.1. The number of benzene rings is 3. The second-order valence-electron chi connectivity index (χ2n) is 10.3. The molecule has 3 heterocycles. The molecular formula is C35H29BrN2O5S. The van der Waals surface area contributed by atoms with E-state index in [9.17, 15) is 9.59 Å². The number of furan rings is 1. The predicted octanol–water partition coefficient (Wildman–Crippen LogP) is 6.58. The molecule has 7 nitrogen and oxygen atoms in total. The van der Waals surface area contributed by atoms with Crippen LogP contribution in [0.5, 0.6) is 5.75 Å². The van der Waals surface area contributed by atoms with E-state index in [4.69, 9.17) is 18.9 Å². The Hall–Kier alpha value is -4.47. The summed E-state index contributed by atoms with van der Waals surface area (Å²) in [5, 5.41) is 0. The number of esters is 1. The normalized spacial score (nSPS) is 14.8. The fraction of sp³-hybridized carbons (Fsp3) is 0.171. The zero-order chi connectivity index (χ0) is 31.0. The number of fused-ring (bicyclic) bond motifs is 1. The third kappa shape index (κ3) is 5.49. The van der Waals surface area contributed by atoms with Crippen molar-refractivity contribution in [3.05, 3.63) is 137 Å². The first-order valence-electron chi connectivity index (χ1n) is 14.1. The minimum atomic E-state index is -0.798. The number of rotatable bonds is 7. The van der Waals surface area contributed by atoms with Crippen LogP contribution in [0.3, 0.4) is 0 Å². The van der Waals surface area contributed by atoms with Crippen molar-refractivity contribution in [2.24, 2.45) is 4.99 Å². The molecule has 5 aromatic rings. The molecule has 44 heavy (non-hydrogen) atoms. The molecule has 0 radical (unpaired) electrons. The molecule has 0 bridgehead atoms. The molecule has 9 heteroatoms. The average molecular weight is 670 g/mol. The summed E-state index contributed by atoms with van der Waals surface area (Å²) in [6.07, 6.45) is 1.72. The molecule has 0 N–H and O–H groups in total. The van der Waals surface area contributed by atoms with Gasteiger partial charge in [-0.05, 0) is 67.8 Å². The van der Waals surface area contributed by atoms with Crippen molar-refractivity contribution in [3.63, 3.8) is 0 Å². The Morgan fingerprint density at radius 1 is 1.07 bits per heavy atom. The Morgan fingerprint density at radius 2 is 1.86 bits per heavy atom. The van der Waals surface area contributed by atoms with E-state index in [0.29, 0.717) is 37.9 Å². The van der Waals surface area contributed by atoms with Gasteiger partial charge in [0.2, 0.25) is 0 Å². The Balaban J connectivity index is 1.58. The summed E-state index contributed by atoms with van der Waals surface area (Å²) in [6.45, 7) is 5.90. The van der Waals surface area contributed by atoms with Crippen LogP contribution in [-0.4, -0.2) is 24.3 Å². The van der Waals surface area contributed by atoms with E-state index in [-0.39, 0.29) is 17.7 Å². The van der Waals surface area contributed by atoms with Gasteiger partial charge in [0, 0.05) is 21.7 Å². The fourth-order valence-electron chi connectivity index (χ4n) is 5.29. The number of hydrogen-bond donors (Lipinski definition) is 0. The molecule has 1 aliphatic heterocycles. The number of nitrogens with zero attached hydrogens (tertiary/aromatic N) is 2. The highest BCUT2D eigenvalue weighted by atomic mass is 79.9. The van der Waals surface area contributed by atoms with Gasteiger partial charge in [0.25, 0.3) is 5.56 Å². The maximum atomic E-state index is 14.2. The third-order valence-electron chi connectivity index (χ3n) is 7.41. The average Bonchev–Trinajstić information content (AvgIpc) is 3.61. The van der Waals surface area contributed by atoms with Crippen LogP contribution >= 0.6 is 27.3 Å². The number of carbonyl (C=O) groups is 1. The van der Waals surface area contributed by atoms with Crippen LogP contribution in [0.4, 0.5) is 0 Å². The quantitative estimate of drug-likeness (QED) is 0.183. The van der Waals surface area contributed by atoms with E-state index in [2.05, 4.69) is 15.9 Å². The summed E-state index contributed by atoms with van der Waals surface area (Å²) in [4.78, 5) is 33.2. The van der Waals surface area contributed by atoms with Crippen LogP contribution in [0.15, 0.2) is 103 Å². The second kappa shape index (κ2) is 12.3. The summed E-state index contributed by atoms with van der Waals surface area (Å²) < 4.78 is 20.3. The second-order valence-corrected chi connectivity index (χ2v) is 12.2. The van der Waals surface area contributed by atoms with Gasteiger partial charge in [0.05, 0.1) is 35.6 Å². The molecule has 222 valence electrons. The Bertz CT molecular complexity index is 2110. The summed E-state index contributed by atoms with van der Waals surface area (Å²) in [5.41, 5.74) is 4.89. The molecule has 1 aliphatic rings. The van der Waals surface area contributed by atoms with E-state index in [0.717, 1.165) is 26.7 Å². The van der Waals surface area contributed by atoms with Gasteiger partial charge in [-0.3, -0.25) is 9.36 Å². The molecular weight excluding hydrogens is 640 g/mol. The highest BCUT2D eigenvalue weighted by Gasteiger charge is 2.35. The van der Waals surface area contributed by atoms with Crippen molar-refractivity contribution < 1.29 is 18.7 Å². The first-order valence-corrected chi connectivity index (χ1v) is 15.7. The molecule has 3 aromatic carbocycles. The number of aromatic nitrogens is 1. The minimum absolute atomic E-state index is 0.177. The van der Waals surface area contributed by atoms with Crippen molar-refractivity contribution in [1.29, 1.82) is 0 Å². The van der Waals surface area contributed by atoms with E-state index in [1.54, 1.807) is 24.7 Å². The summed E-state index contributed by atoms with van der Waals surface area (Å²) in [5.74, 6) is 1.32. The van der Waals surface area contributed by atoms with Gasteiger partial charge in [-0.1, -0.05) is 75.8 Å². The lowest BCUT2D eigenvalue weighted by molar-refractivity contribution is -0.138. The largest absolute Gasteiger partial charge is 0.496 e. The van der Waals surface area contributed by atoms with Crippen LogP contribution in [0, 0.1) is 13.8 Å². The molecule has 6 rings (SSSR count). The number of methoxy groups -OCH3 is 1. The molecule has 0 saturated heterocycles. The molecule has 0 spiro atoms. The van der Waals surface area contributed by atoms with E-state index in [1.807, 2.05) is 92.7 Å². The van der Waals surface area contributed by atoms with Crippen molar-refractivity contribution in [3.8, 4) is 17.1 Å². The van der Waals surface area contributed by atoms with Crippen LogP contribution in [0.25, 0.3) is 23.1 Å². The van der Waals surface area contributed by atoms with Crippen molar-refractivity contribution >= 4 is 45.0 Å². The summed E-state index contributed by atoms with van der Waals surface area (Å²) >= 11 is 4.87. The van der Waals surface area contributed by atoms with Crippen LogP contribution in [-0.2, 0) is 9.53 Å². The maximum absolute atomic E-state index is 14.2. The smallest absolute Gasteiger partial charge is 0.338 e. The lowest BCUT2D eigenvalue weighted by Crippen LogP contribution is -2.40. The van der Waals surface area contributed by atoms with Crippen LogP contribution in [0.1, 0.15) is 41.0 Å². The lowest BCUT2D eigenvalue weighted by atomic mass is 9.92. The molecule has 0 fully saturated rings. The number of ether oxygens (including phenoxy) is 2. The number of hydrogen-bond acceptors (Lipinski definition) is 7. The summed E-state index contributed by atoms with van der Waals surface area (Å²) in [7, 11) is 1.60. The van der Waals surface area contributed by atoms with Crippen LogP contribution in [0.2, 0.25) is 0 Å². The maximum Gasteiger partial charge on any atom is 0.338 e. The van der Waals surface area contributed by atoms with Crippen LogP contribution < -0.4 is 19.6 Å². The molecule has 0 unspecified atom stereocenters. The van der Waals surface area contributed by atoms with Crippen molar-refractivity contribution in [2.45, 2.75) is 26.8 Å². The van der Waals surface area contributed by atoms with Crippen molar-refractivity contribution in [1.82, 2.24) is 4.57 Å². The number of thiazole rings is 1. The van der Waals surface area contributed by atoms with E-state index < -0.39 is 12.0 Å². The number of aryl methyl sites for hydroxylation is 2. The van der Waals surface area contributed by atoms with E-state index >= 15 is 0 Å². The monoisotopic (exact) mass is 668 g/mol.